The number of rotatable bonds is 3. The van der Waals surface area contributed by atoms with Crippen LogP contribution in [0.15, 0.2) is 10.5 Å². The number of nitrogens with zero attached hydrogens (tertiary/aromatic N) is 1. The summed E-state index contributed by atoms with van der Waals surface area (Å²) in [5.74, 6) is -1.60. The molecule has 1 saturated carbocycles. The van der Waals surface area contributed by atoms with Gasteiger partial charge >= 0.3 is 5.97 Å². The van der Waals surface area contributed by atoms with Crippen LogP contribution in [0.5, 0.6) is 0 Å². The van der Waals surface area contributed by atoms with Gasteiger partial charge in [0.25, 0.3) is 0 Å². The van der Waals surface area contributed by atoms with Crippen molar-refractivity contribution in [2.45, 2.75) is 19.9 Å². The molecule has 1 aliphatic heterocycles. The quantitative estimate of drug-likeness (QED) is 0.800. The molecule has 3 rings (SSSR count). The predicted octanol–water partition coefficient (Wildman–Crippen LogP) is 0.791. The SMILES string of the molecule is Cc1cc(CN2C(=O)C3CC3C2=O)oc1C(=O)O. The molecule has 0 bridgehead atoms. The molecule has 0 radical (unpaired) electrons. The topological polar surface area (TPSA) is 87.8 Å². The number of amides is 2. The molecule has 2 heterocycles. The summed E-state index contributed by atoms with van der Waals surface area (Å²) in [6.45, 7) is 1.64. The molecule has 94 valence electrons. The fourth-order valence-electron chi connectivity index (χ4n) is 2.40. The molecule has 1 saturated heterocycles. The number of imide groups is 1. The van der Waals surface area contributed by atoms with Gasteiger partial charge in [0, 0.05) is 5.56 Å². The molecule has 2 atom stereocenters. The van der Waals surface area contributed by atoms with Gasteiger partial charge in [-0.25, -0.2) is 4.79 Å². The smallest absolute Gasteiger partial charge is 0.372 e. The molecule has 2 unspecified atom stereocenters. The van der Waals surface area contributed by atoms with Gasteiger partial charge in [0.1, 0.15) is 5.76 Å². The van der Waals surface area contributed by atoms with E-state index in [1.165, 1.54) is 0 Å². The van der Waals surface area contributed by atoms with E-state index < -0.39 is 5.97 Å². The highest BCUT2D eigenvalue weighted by atomic mass is 16.4. The van der Waals surface area contributed by atoms with Crippen molar-refractivity contribution in [3.63, 3.8) is 0 Å². The summed E-state index contributed by atoms with van der Waals surface area (Å²) < 4.78 is 5.14. The van der Waals surface area contributed by atoms with E-state index in [1.807, 2.05) is 0 Å². The maximum atomic E-state index is 11.7. The van der Waals surface area contributed by atoms with Crippen molar-refractivity contribution in [3.05, 3.63) is 23.2 Å². The molecular weight excluding hydrogens is 238 g/mol. The minimum absolute atomic E-state index is 0.0266. The first-order valence-electron chi connectivity index (χ1n) is 5.67. The number of fused-ring (bicyclic) bond motifs is 1. The zero-order valence-electron chi connectivity index (χ0n) is 9.67. The molecule has 1 aromatic heterocycles. The van der Waals surface area contributed by atoms with Crippen molar-refractivity contribution in [1.29, 1.82) is 0 Å². The average molecular weight is 249 g/mol. The van der Waals surface area contributed by atoms with Gasteiger partial charge in [-0.3, -0.25) is 14.5 Å². The maximum absolute atomic E-state index is 11.7. The molecule has 0 aromatic carbocycles. The van der Waals surface area contributed by atoms with Crippen LogP contribution < -0.4 is 0 Å². The molecule has 2 aliphatic rings. The van der Waals surface area contributed by atoms with Crippen molar-refractivity contribution in [1.82, 2.24) is 4.90 Å². The van der Waals surface area contributed by atoms with Crippen molar-refractivity contribution in [2.75, 3.05) is 0 Å². The first kappa shape index (κ1) is 11.0. The Morgan fingerprint density at radius 3 is 2.56 bits per heavy atom. The van der Waals surface area contributed by atoms with E-state index in [-0.39, 0.29) is 36.0 Å². The number of furan rings is 1. The Morgan fingerprint density at radius 2 is 2.06 bits per heavy atom. The van der Waals surface area contributed by atoms with Crippen molar-refractivity contribution in [3.8, 4) is 0 Å². The summed E-state index contributed by atoms with van der Waals surface area (Å²) in [7, 11) is 0. The zero-order chi connectivity index (χ0) is 13.0. The van der Waals surface area contributed by atoms with Crippen LogP contribution in [0.3, 0.4) is 0 Å². The monoisotopic (exact) mass is 249 g/mol. The van der Waals surface area contributed by atoms with Gasteiger partial charge < -0.3 is 9.52 Å². The molecule has 6 heteroatoms. The number of piperidine rings is 1. The van der Waals surface area contributed by atoms with Gasteiger partial charge in [0.15, 0.2) is 0 Å². The molecule has 6 nitrogen and oxygen atoms in total. The number of carboxylic acid groups (broad SMARTS) is 1. The third kappa shape index (κ3) is 1.45. The van der Waals surface area contributed by atoms with Crippen LogP contribution in [0.25, 0.3) is 0 Å². The van der Waals surface area contributed by atoms with Crippen LogP contribution in [0.2, 0.25) is 0 Å². The molecule has 0 spiro atoms. The Labute approximate surface area is 102 Å². The van der Waals surface area contributed by atoms with Crippen LogP contribution in [0, 0.1) is 18.8 Å². The zero-order valence-corrected chi connectivity index (χ0v) is 9.67. The summed E-state index contributed by atoms with van der Waals surface area (Å²) >= 11 is 0. The van der Waals surface area contributed by atoms with Crippen molar-refractivity contribution >= 4 is 17.8 Å². The lowest BCUT2D eigenvalue weighted by Gasteiger charge is -2.14. The number of carbonyl (C=O) groups excluding carboxylic acids is 2. The van der Waals surface area contributed by atoms with E-state index in [0.717, 1.165) is 4.90 Å². The number of aryl methyl sites for hydroxylation is 1. The first-order valence-corrected chi connectivity index (χ1v) is 5.67. The largest absolute Gasteiger partial charge is 0.475 e. The number of aromatic carboxylic acids is 1. The van der Waals surface area contributed by atoms with Crippen molar-refractivity contribution in [2.24, 2.45) is 11.8 Å². The Kier molecular flexibility index (Phi) is 2.10. The first-order chi connectivity index (χ1) is 8.49. The highest BCUT2D eigenvalue weighted by Gasteiger charge is 2.58. The number of hydrogen-bond donors (Lipinski definition) is 1. The van der Waals surface area contributed by atoms with E-state index in [0.29, 0.717) is 17.7 Å². The summed E-state index contributed by atoms with van der Waals surface area (Å²) in [6.07, 6.45) is 0.658. The molecule has 18 heavy (non-hydrogen) atoms. The van der Waals surface area contributed by atoms with Gasteiger partial charge in [0.05, 0.1) is 18.4 Å². The standard InChI is InChI=1S/C12H11NO5/c1-5-2-6(18-9(5)12(16)17)4-13-10(14)7-3-8(7)11(13)15/h2,7-8H,3-4H2,1H3,(H,16,17). The molecular formula is C12H11NO5. The summed E-state index contributed by atoms with van der Waals surface area (Å²) in [4.78, 5) is 35.4. The third-order valence-electron chi connectivity index (χ3n) is 3.43. The minimum Gasteiger partial charge on any atom is -0.475 e. The van der Waals surface area contributed by atoms with Gasteiger partial charge in [-0.05, 0) is 19.4 Å². The minimum atomic E-state index is -1.15. The number of hydrogen-bond acceptors (Lipinski definition) is 4. The lowest BCUT2D eigenvalue weighted by atomic mass is 10.2. The second-order valence-electron chi connectivity index (χ2n) is 4.74. The second-order valence-corrected chi connectivity index (χ2v) is 4.74. The fraction of sp³-hybridized carbons (Fsp3) is 0.417. The number of likely N-dealkylation sites (tertiary alicyclic amines) is 1. The maximum Gasteiger partial charge on any atom is 0.372 e. The van der Waals surface area contributed by atoms with E-state index in [1.54, 1.807) is 13.0 Å². The summed E-state index contributed by atoms with van der Waals surface area (Å²) in [5.41, 5.74) is 0.488. The van der Waals surface area contributed by atoms with Gasteiger partial charge in [-0.1, -0.05) is 0 Å². The summed E-state index contributed by atoms with van der Waals surface area (Å²) in [5, 5.41) is 8.85. The van der Waals surface area contributed by atoms with Crippen LogP contribution in [-0.2, 0) is 16.1 Å². The Balaban J connectivity index is 1.81. The second kappa shape index (κ2) is 3.44. The van der Waals surface area contributed by atoms with Crippen LogP contribution >= 0.6 is 0 Å². The number of carbonyl (C=O) groups is 3. The van der Waals surface area contributed by atoms with Crippen molar-refractivity contribution < 1.29 is 23.9 Å². The lowest BCUT2D eigenvalue weighted by molar-refractivity contribution is -0.142. The van der Waals surface area contributed by atoms with E-state index in [2.05, 4.69) is 0 Å². The molecule has 1 N–H and O–H groups in total. The molecule has 2 amide bonds. The third-order valence-corrected chi connectivity index (χ3v) is 3.43. The highest BCUT2D eigenvalue weighted by molar-refractivity contribution is 6.08. The fourth-order valence-corrected chi connectivity index (χ4v) is 2.40. The van der Waals surface area contributed by atoms with Gasteiger partial charge in [-0.15, -0.1) is 0 Å². The molecule has 1 aromatic rings. The average Bonchev–Trinajstić information content (AvgIpc) is 2.96. The molecule has 2 fully saturated rings. The lowest BCUT2D eigenvalue weighted by Crippen LogP contribution is -2.32. The van der Waals surface area contributed by atoms with Gasteiger partial charge in [-0.2, -0.15) is 0 Å². The van der Waals surface area contributed by atoms with Crippen LogP contribution in [0.4, 0.5) is 0 Å². The van der Waals surface area contributed by atoms with E-state index in [9.17, 15) is 14.4 Å². The van der Waals surface area contributed by atoms with E-state index >= 15 is 0 Å². The highest BCUT2D eigenvalue weighted by Crippen LogP contribution is 2.47. The Morgan fingerprint density at radius 1 is 1.44 bits per heavy atom. The normalized spacial score (nSPS) is 25.5. The Bertz CT molecular complexity index is 553. The Hall–Kier alpha value is -2.11. The predicted molar refractivity (Wildman–Crippen MR) is 57.6 cm³/mol. The summed E-state index contributed by atoms with van der Waals surface area (Å²) in [6, 6.07) is 1.55. The van der Waals surface area contributed by atoms with Crippen LogP contribution in [-0.4, -0.2) is 27.8 Å². The van der Waals surface area contributed by atoms with E-state index in [4.69, 9.17) is 9.52 Å². The van der Waals surface area contributed by atoms with Crippen LogP contribution in [0.1, 0.15) is 28.3 Å². The van der Waals surface area contributed by atoms with Gasteiger partial charge in [0.2, 0.25) is 17.6 Å². The molecule has 1 aliphatic carbocycles. The number of carboxylic acids is 1.